The van der Waals surface area contributed by atoms with Crippen LogP contribution in [0.4, 0.5) is 5.69 Å². The van der Waals surface area contributed by atoms with Crippen LogP contribution < -0.4 is 9.21 Å². The summed E-state index contributed by atoms with van der Waals surface area (Å²) in [6.45, 7) is 2.67. The Labute approximate surface area is 178 Å². The highest BCUT2D eigenvalue weighted by atomic mass is 32.2. The Bertz CT molecular complexity index is 1070. The average molecular weight is 426 g/mol. The molecule has 1 heterocycles. The zero-order valence-electron chi connectivity index (χ0n) is 17.1. The molecule has 0 aliphatic carbocycles. The molecule has 1 fully saturated rings. The highest BCUT2D eigenvalue weighted by Crippen LogP contribution is 2.31. The van der Waals surface area contributed by atoms with Crippen LogP contribution in [0.15, 0.2) is 77.7 Å². The number of hydrogen-bond donors (Lipinski definition) is 2. The molecule has 1 aliphatic rings. The fourth-order valence-electron chi connectivity index (χ4n) is 4.32. The first-order valence-corrected chi connectivity index (χ1v) is 12.1. The Hall–Kier alpha value is -2.41. The molecular weight excluding hydrogens is 396 g/mol. The second-order valence-electron chi connectivity index (χ2n) is 8.02. The van der Waals surface area contributed by atoms with Crippen molar-refractivity contribution >= 4 is 26.5 Å². The zero-order valence-corrected chi connectivity index (χ0v) is 17.9. The van der Waals surface area contributed by atoms with Gasteiger partial charge in [0.25, 0.3) is 10.0 Å². The van der Waals surface area contributed by atoms with E-state index >= 15 is 0 Å². The minimum Gasteiger partial charge on any atom is -0.385 e. The lowest BCUT2D eigenvalue weighted by molar-refractivity contribution is -0.907. The molecule has 0 saturated carbocycles. The topological polar surface area (TPSA) is 62.0 Å². The molecule has 0 spiro atoms. The normalized spacial score (nSPS) is 16.4. The first-order valence-electron chi connectivity index (χ1n) is 10.6. The number of rotatable bonds is 7. The number of nitrogens with zero attached hydrogens (tertiary/aromatic N) is 1. The predicted molar refractivity (Wildman–Crippen MR) is 120 cm³/mol. The molecule has 30 heavy (non-hydrogen) atoms. The minimum absolute atomic E-state index is 0.0364. The maximum absolute atomic E-state index is 13.6. The molecule has 6 heteroatoms. The number of likely N-dealkylation sites (tertiary alicyclic amines) is 1. The molecule has 5 nitrogen and oxygen atoms in total. The van der Waals surface area contributed by atoms with E-state index in [0.717, 1.165) is 36.7 Å². The van der Waals surface area contributed by atoms with Crippen molar-refractivity contribution in [1.29, 1.82) is 0 Å². The van der Waals surface area contributed by atoms with Gasteiger partial charge in [-0.2, -0.15) is 0 Å². The fraction of sp³-hybridized carbons (Fsp3) is 0.333. The third kappa shape index (κ3) is 4.51. The van der Waals surface area contributed by atoms with Crippen LogP contribution in [0.3, 0.4) is 0 Å². The van der Waals surface area contributed by atoms with Crippen molar-refractivity contribution in [2.75, 3.05) is 30.5 Å². The van der Waals surface area contributed by atoms with Crippen molar-refractivity contribution in [2.24, 2.45) is 0 Å². The van der Waals surface area contributed by atoms with E-state index in [1.807, 2.05) is 42.5 Å². The predicted octanol–water partition coefficient (Wildman–Crippen LogP) is 2.46. The summed E-state index contributed by atoms with van der Waals surface area (Å²) in [5.74, 6) is 0. The summed E-state index contributed by atoms with van der Waals surface area (Å²) >= 11 is 0. The van der Waals surface area contributed by atoms with Gasteiger partial charge in [-0.25, -0.2) is 8.42 Å². The van der Waals surface area contributed by atoms with E-state index in [-0.39, 0.29) is 11.4 Å². The van der Waals surface area contributed by atoms with Crippen molar-refractivity contribution in [1.82, 2.24) is 0 Å². The van der Waals surface area contributed by atoms with Gasteiger partial charge >= 0.3 is 0 Å². The van der Waals surface area contributed by atoms with E-state index in [1.54, 1.807) is 30.3 Å². The van der Waals surface area contributed by atoms with Gasteiger partial charge in [0.1, 0.15) is 12.6 Å². The summed E-state index contributed by atoms with van der Waals surface area (Å²) in [6.07, 6.45) is 2.83. The standard InChI is InChI=1S/C24H28N2O3S/c27-21(18-25-16-7-2-8-17-25)19-26(30(28,29)22-12-3-1-4-13-22)24-15-9-11-20-10-5-6-14-23(20)24/h1,3-6,9-15,21,27H,2,7-8,16-19H2/p+1. The maximum Gasteiger partial charge on any atom is 0.264 e. The summed E-state index contributed by atoms with van der Waals surface area (Å²) in [4.78, 5) is 1.58. The van der Waals surface area contributed by atoms with E-state index in [1.165, 1.54) is 15.6 Å². The Kier molecular flexibility index (Phi) is 6.37. The summed E-state index contributed by atoms with van der Waals surface area (Å²) < 4.78 is 28.6. The van der Waals surface area contributed by atoms with Crippen molar-refractivity contribution in [3.63, 3.8) is 0 Å². The molecule has 0 amide bonds. The number of nitrogens with one attached hydrogen (secondary N) is 1. The second kappa shape index (κ2) is 9.16. The highest BCUT2D eigenvalue weighted by molar-refractivity contribution is 7.92. The molecule has 0 radical (unpaired) electrons. The van der Waals surface area contributed by atoms with Gasteiger partial charge in [0.15, 0.2) is 0 Å². The van der Waals surface area contributed by atoms with Crippen LogP contribution in [0.5, 0.6) is 0 Å². The van der Waals surface area contributed by atoms with Gasteiger partial charge in [0, 0.05) is 5.39 Å². The number of benzene rings is 3. The van der Waals surface area contributed by atoms with Crippen LogP contribution in [-0.2, 0) is 10.0 Å². The number of quaternary nitrogens is 1. The van der Waals surface area contributed by atoms with Crippen molar-refractivity contribution < 1.29 is 18.4 Å². The van der Waals surface area contributed by atoms with E-state index in [2.05, 4.69) is 0 Å². The SMILES string of the molecule is O=S(=O)(c1ccccc1)N(CC(O)C[NH+]1CCCCC1)c1cccc2ccccc12. The monoisotopic (exact) mass is 425 g/mol. The van der Waals surface area contributed by atoms with Crippen LogP contribution in [0.25, 0.3) is 10.8 Å². The smallest absolute Gasteiger partial charge is 0.264 e. The number of fused-ring (bicyclic) bond motifs is 1. The van der Waals surface area contributed by atoms with Gasteiger partial charge in [-0.05, 0) is 42.8 Å². The van der Waals surface area contributed by atoms with Crippen molar-refractivity contribution in [2.45, 2.75) is 30.3 Å². The lowest BCUT2D eigenvalue weighted by Gasteiger charge is -2.30. The van der Waals surface area contributed by atoms with Gasteiger partial charge in [-0.15, -0.1) is 0 Å². The van der Waals surface area contributed by atoms with E-state index in [0.29, 0.717) is 12.2 Å². The van der Waals surface area contributed by atoms with Crippen LogP contribution in [0.1, 0.15) is 19.3 Å². The molecule has 0 bridgehead atoms. The van der Waals surface area contributed by atoms with E-state index in [4.69, 9.17) is 0 Å². The molecule has 1 unspecified atom stereocenters. The van der Waals surface area contributed by atoms with Gasteiger partial charge in [0.2, 0.25) is 0 Å². The summed E-state index contributed by atoms with van der Waals surface area (Å²) in [7, 11) is -3.82. The molecule has 4 rings (SSSR count). The van der Waals surface area contributed by atoms with Crippen LogP contribution >= 0.6 is 0 Å². The van der Waals surface area contributed by atoms with Gasteiger partial charge in [0.05, 0.1) is 30.2 Å². The fourth-order valence-corrected chi connectivity index (χ4v) is 5.86. The largest absolute Gasteiger partial charge is 0.385 e. The Morgan fingerprint density at radius 3 is 2.30 bits per heavy atom. The van der Waals surface area contributed by atoms with Crippen LogP contribution in [0, 0.1) is 0 Å². The molecule has 158 valence electrons. The third-order valence-corrected chi connectivity index (χ3v) is 7.62. The first kappa shape index (κ1) is 20.8. The van der Waals surface area contributed by atoms with Gasteiger partial charge in [-0.3, -0.25) is 4.31 Å². The number of sulfonamides is 1. The molecule has 1 saturated heterocycles. The summed E-state index contributed by atoms with van der Waals surface area (Å²) in [6, 6.07) is 21.9. The number of aliphatic hydroxyl groups excluding tert-OH is 1. The zero-order chi connectivity index (χ0) is 21.0. The van der Waals surface area contributed by atoms with Gasteiger partial charge < -0.3 is 10.0 Å². The Morgan fingerprint density at radius 1 is 0.867 bits per heavy atom. The maximum atomic E-state index is 13.6. The van der Waals surface area contributed by atoms with Gasteiger partial charge in [-0.1, -0.05) is 54.6 Å². The molecule has 1 atom stereocenters. The molecule has 3 aromatic rings. The average Bonchev–Trinajstić information content (AvgIpc) is 2.78. The number of anilines is 1. The quantitative estimate of drug-likeness (QED) is 0.611. The van der Waals surface area contributed by atoms with E-state index < -0.39 is 16.1 Å². The Morgan fingerprint density at radius 2 is 1.53 bits per heavy atom. The van der Waals surface area contributed by atoms with Crippen LogP contribution in [0.2, 0.25) is 0 Å². The number of aliphatic hydroxyl groups is 1. The molecule has 1 aliphatic heterocycles. The highest BCUT2D eigenvalue weighted by Gasteiger charge is 2.30. The third-order valence-electron chi connectivity index (χ3n) is 5.83. The van der Waals surface area contributed by atoms with Crippen molar-refractivity contribution in [3.05, 3.63) is 72.8 Å². The lowest BCUT2D eigenvalue weighted by atomic mass is 10.1. The molecule has 0 aromatic heterocycles. The molecule has 3 aromatic carbocycles. The Balaban J connectivity index is 1.71. The number of hydrogen-bond acceptors (Lipinski definition) is 3. The summed E-state index contributed by atoms with van der Waals surface area (Å²) in [5, 5.41) is 12.7. The lowest BCUT2D eigenvalue weighted by Crippen LogP contribution is -3.14. The summed E-state index contributed by atoms with van der Waals surface area (Å²) in [5.41, 5.74) is 0.602. The number of piperidine rings is 1. The van der Waals surface area contributed by atoms with E-state index in [9.17, 15) is 13.5 Å². The first-order chi connectivity index (χ1) is 14.6. The molecule has 2 N–H and O–H groups in total. The minimum atomic E-state index is -3.82. The second-order valence-corrected chi connectivity index (χ2v) is 9.88. The molecular formula is C24H29N2O3S+. The van der Waals surface area contributed by atoms with Crippen LogP contribution in [-0.4, -0.2) is 45.8 Å². The van der Waals surface area contributed by atoms with Crippen molar-refractivity contribution in [3.8, 4) is 0 Å².